The van der Waals surface area contributed by atoms with E-state index in [0.29, 0.717) is 0 Å². The van der Waals surface area contributed by atoms with Crippen LogP contribution >= 0.6 is 0 Å². The molecule has 2 aliphatic rings. The minimum Gasteiger partial charge on any atom is -0.314 e. The van der Waals surface area contributed by atoms with Crippen molar-refractivity contribution in [2.24, 2.45) is 0 Å². The van der Waals surface area contributed by atoms with Gasteiger partial charge in [0.2, 0.25) is 0 Å². The van der Waals surface area contributed by atoms with Crippen LogP contribution < -0.4 is 5.32 Å². The highest BCUT2D eigenvalue weighted by molar-refractivity contribution is 4.80. The number of likely N-dealkylation sites (N-methyl/N-ethyl adjacent to an activating group) is 1. The van der Waals surface area contributed by atoms with E-state index in [-0.39, 0.29) is 0 Å². The van der Waals surface area contributed by atoms with E-state index in [4.69, 9.17) is 0 Å². The lowest BCUT2D eigenvalue weighted by Crippen LogP contribution is -2.46. The van der Waals surface area contributed by atoms with Gasteiger partial charge in [0.15, 0.2) is 0 Å². The number of rotatable bonds is 4. The summed E-state index contributed by atoms with van der Waals surface area (Å²) in [5.74, 6) is 0. The third-order valence-corrected chi connectivity index (χ3v) is 4.17. The summed E-state index contributed by atoms with van der Waals surface area (Å²) in [5, 5.41) is 3.59. The van der Waals surface area contributed by atoms with Crippen LogP contribution in [0.3, 0.4) is 0 Å². The Bertz CT molecular complexity index is 199. The summed E-state index contributed by atoms with van der Waals surface area (Å²) in [5.41, 5.74) is 0. The molecular formula is C13H27N3. The quantitative estimate of drug-likeness (QED) is 0.774. The van der Waals surface area contributed by atoms with Gasteiger partial charge in [0, 0.05) is 18.6 Å². The van der Waals surface area contributed by atoms with Crippen LogP contribution in [-0.4, -0.2) is 62.2 Å². The second-order valence-corrected chi connectivity index (χ2v) is 5.64. The number of nitrogens with one attached hydrogen (secondary N) is 1. The first-order valence-corrected chi connectivity index (χ1v) is 6.88. The van der Waals surface area contributed by atoms with Crippen LogP contribution in [0.5, 0.6) is 0 Å². The third-order valence-electron chi connectivity index (χ3n) is 4.17. The van der Waals surface area contributed by atoms with Crippen molar-refractivity contribution in [3.05, 3.63) is 0 Å². The SMILES string of the molecule is CN(C)C1CCCN(CCC2CCCN2)C1. The van der Waals surface area contributed by atoms with E-state index in [2.05, 4.69) is 29.2 Å². The van der Waals surface area contributed by atoms with Crippen LogP contribution in [0.2, 0.25) is 0 Å². The Balaban J connectivity index is 1.68. The molecule has 16 heavy (non-hydrogen) atoms. The summed E-state index contributed by atoms with van der Waals surface area (Å²) < 4.78 is 0. The molecule has 2 atom stereocenters. The molecular weight excluding hydrogens is 198 g/mol. The van der Waals surface area contributed by atoms with Crippen LogP contribution in [0.4, 0.5) is 0 Å². The lowest BCUT2D eigenvalue weighted by atomic mass is 10.0. The van der Waals surface area contributed by atoms with Gasteiger partial charge in [-0.3, -0.25) is 0 Å². The number of nitrogens with zero attached hydrogens (tertiary/aromatic N) is 2. The predicted octanol–water partition coefficient (Wildman–Crippen LogP) is 1.15. The smallest absolute Gasteiger partial charge is 0.0217 e. The fraction of sp³-hybridized carbons (Fsp3) is 1.00. The molecule has 3 nitrogen and oxygen atoms in total. The van der Waals surface area contributed by atoms with E-state index >= 15 is 0 Å². The number of hydrogen-bond donors (Lipinski definition) is 1. The highest BCUT2D eigenvalue weighted by atomic mass is 15.2. The van der Waals surface area contributed by atoms with Gasteiger partial charge in [-0.05, 0) is 65.8 Å². The molecule has 0 amide bonds. The lowest BCUT2D eigenvalue weighted by molar-refractivity contribution is 0.129. The maximum Gasteiger partial charge on any atom is 0.0217 e. The first-order valence-electron chi connectivity index (χ1n) is 6.88. The summed E-state index contributed by atoms with van der Waals surface area (Å²) in [6.45, 7) is 5.13. The molecule has 0 bridgehead atoms. The van der Waals surface area contributed by atoms with Gasteiger partial charge in [-0.1, -0.05) is 0 Å². The Hall–Kier alpha value is -0.120. The van der Waals surface area contributed by atoms with Gasteiger partial charge in [0.1, 0.15) is 0 Å². The second kappa shape index (κ2) is 5.99. The van der Waals surface area contributed by atoms with Crippen molar-refractivity contribution < 1.29 is 0 Å². The summed E-state index contributed by atoms with van der Waals surface area (Å²) in [7, 11) is 4.43. The van der Waals surface area contributed by atoms with Crippen molar-refractivity contribution in [3.63, 3.8) is 0 Å². The lowest BCUT2D eigenvalue weighted by Gasteiger charge is -2.36. The number of likely N-dealkylation sites (tertiary alicyclic amines) is 1. The average molecular weight is 225 g/mol. The Labute approximate surface area is 100 Å². The van der Waals surface area contributed by atoms with E-state index < -0.39 is 0 Å². The van der Waals surface area contributed by atoms with Crippen LogP contribution in [0.25, 0.3) is 0 Å². The van der Waals surface area contributed by atoms with E-state index in [1.165, 1.54) is 58.3 Å². The normalized spacial score (nSPS) is 32.4. The van der Waals surface area contributed by atoms with Crippen molar-refractivity contribution in [3.8, 4) is 0 Å². The highest BCUT2D eigenvalue weighted by Gasteiger charge is 2.22. The molecule has 2 rings (SSSR count). The van der Waals surface area contributed by atoms with Crippen molar-refractivity contribution in [1.29, 1.82) is 0 Å². The van der Waals surface area contributed by atoms with Gasteiger partial charge in [0.05, 0.1) is 0 Å². The molecule has 0 aromatic heterocycles. The number of hydrogen-bond acceptors (Lipinski definition) is 3. The summed E-state index contributed by atoms with van der Waals surface area (Å²) in [4.78, 5) is 5.05. The van der Waals surface area contributed by atoms with Crippen molar-refractivity contribution in [2.75, 3.05) is 40.3 Å². The zero-order valence-electron chi connectivity index (χ0n) is 10.9. The van der Waals surface area contributed by atoms with Gasteiger partial charge in [0.25, 0.3) is 0 Å². The Morgan fingerprint density at radius 1 is 1.25 bits per heavy atom. The molecule has 0 radical (unpaired) electrons. The molecule has 0 spiro atoms. The first-order chi connectivity index (χ1) is 7.75. The van der Waals surface area contributed by atoms with Gasteiger partial charge < -0.3 is 15.1 Å². The monoisotopic (exact) mass is 225 g/mol. The van der Waals surface area contributed by atoms with Crippen LogP contribution in [0, 0.1) is 0 Å². The Kier molecular flexibility index (Phi) is 4.62. The minimum absolute atomic E-state index is 0.783. The zero-order valence-corrected chi connectivity index (χ0v) is 10.9. The van der Waals surface area contributed by atoms with E-state index in [1.54, 1.807) is 0 Å². The molecule has 94 valence electrons. The maximum atomic E-state index is 3.59. The van der Waals surface area contributed by atoms with Crippen LogP contribution in [-0.2, 0) is 0 Å². The van der Waals surface area contributed by atoms with E-state index in [1.807, 2.05) is 0 Å². The Morgan fingerprint density at radius 3 is 2.81 bits per heavy atom. The molecule has 0 aromatic carbocycles. The van der Waals surface area contributed by atoms with E-state index in [9.17, 15) is 0 Å². The molecule has 2 fully saturated rings. The molecule has 1 N–H and O–H groups in total. The van der Waals surface area contributed by atoms with Gasteiger partial charge >= 0.3 is 0 Å². The first kappa shape index (κ1) is 12.3. The zero-order chi connectivity index (χ0) is 11.4. The molecule has 2 heterocycles. The Morgan fingerprint density at radius 2 is 2.12 bits per heavy atom. The number of piperidine rings is 1. The molecule has 2 saturated heterocycles. The van der Waals surface area contributed by atoms with Gasteiger partial charge in [-0.15, -0.1) is 0 Å². The van der Waals surface area contributed by atoms with Gasteiger partial charge in [-0.25, -0.2) is 0 Å². The largest absolute Gasteiger partial charge is 0.314 e. The second-order valence-electron chi connectivity index (χ2n) is 5.64. The predicted molar refractivity (Wildman–Crippen MR) is 68.8 cm³/mol. The van der Waals surface area contributed by atoms with Crippen LogP contribution in [0.15, 0.2) is 0 Å². The van der Waals surface area contributed by atoms with E-state index in [0.717, 1.165) is 12.1 Å². The molecule has 0 aromatic rings. The van der Waals surface area contributed by atoms with Gasteiger partial charge in [-0.2, -0.15) is 0 Å². The third kappa shape index (κ3) is 3.44. The summed E-state index contributed by atoms with van der Waals surface area (Å²) in [6, 6.07) is 1.59. The standard InChI is InChI=1S/C13H27N3/c1-15(2)13-6-4-9-16(11-13)10-7-12-5-3-8-14-12/h12-14H,3-11H2,1-2H3. The molecule has 3 heteroatoms. The minimum atomic E-state index is 0.783. The molecule has 2 aliphatic heterocycles. The highest BCUT2D eigenvalue weighted by Crippen LogP contribution is 2.15. The molecule has 0 aliphatic carbocycles. The van der Waals surface area contributed by atoms with Crippen molar-refractivity contribution >= 4 is 0 Å². The van der Waals surface area contributed by atoms with Crippen molar-refractivity contribution in [2.45, 2.75) is 44.2 Å². The topological polar surface area (TPSA) is 18.5 Å². The summed E-state index contributed by atoms with van der Waals surface area (Å²) >= 11 is 0. The fourth-order valence-corrected chi connectivity index (χ4v) is 3.00. The molecule has 0 saturated carbocycles. The van der Waals surface area contributed by atoms with Crippen LogP contribution in [0.1, 0.15) is 32.1 Å². The summed E-state index contributed by atoms with van der Waals surface area (Å²) in [6.07, 6.45) is 6.88. The van der Waals surface area contributed by atoms with Crippen molar-refractivity contribution in [1.82, 2.24) is 15.1 Å². The molecule has 2 unspecified atom stereocenters. The maximum absolute atomic E-state index is 3.59. The fourth-order valence-electron chi connectivity index (χ4n) is 3.00. The average Bonchev–Trinajstić information content (AvgIpc) is 2.79.